The molecule has 1 amide bonds. The minimum atomic E-state index is -0.182. The number of nitrogens with one attached hydrogen (secondary N) is 1. The van der Waals surface area contributed by atoms with Crippen molar-refractivity contribution < 1.29 is 4.79 Å². The SMILES string of the molecule is CCN1CCN(C(=O)C(C)NC(C)c2ccc(Cl)cc2)CC1. The van der Waals surface area contributed by atoms with Crippen molar-refractivity contribution >= 4 is 17.5 Å². The van der Waals surface area contributed by atoms with Gasteiger partial charge in [-0.2, -0.15) is 0 Å². The van der Waals surface area contributed by atoms with Crippen molar-refractivity contribution in [2.45, 2.75) is 32.9 Å². The van der Waals surface area contributed by atoms with Crippen LogP contribution < -0.4 is 5.32 Å². The molecule has 4 nitrogen and oxygen atoms in total. The quantitative estimate of drug-likeness (QED) is 0.904. The van der Waals surface area contributed by atoms with Crippen LogP contribution in [-0.4, -0.2) is 54.5 Å². The Morgan fingerprint density at radius 3 is 2.32 bits per heavy atom. The van der Waals surface area contributed by atoms with Crippen molar-refractivity contribution in [3.63, 3.8) is 0 Å². The van der Waals surface area contributed by atoms with Crippen molar-refractivity contribution in [3.05, 3.63) is 34.9 Å². The monoisotopic (exact) mass is 323 g/mol. The summed E-state index contributed by atoms with van der Waals surface area (Å²) in [6.07, 6.45) is 0. The largest absolute Gasteiger partial charge is 0.339 e. The van der Waals surface area contributed by atoms with Crippen LogP contribution in [0.2, 0.25) is 5.02 Å². The molecule has 122 valence electrons. The normalized spacial score (nSPS) is 19.0. The number of benzene rings is 1. The molecular weight excluding hydrogens is 298 g/mol. The molecule has 0 aromatic heterocycles. The predicted molar refractivity (Wildman–Crippen MR) is 91.2 cm³/mol. The molecule has 0 saturated carbocycles. The molecule has 0 radical (unpaired) electrons. The second-order valence-electron chi connectivity index (χ2n) is 5.92. The van der Waals surface area contributed by atoms with Crippen LogP contribution in [-0.2, 0) is 4.79 Å². The first-order valence-electron chi connectivity index (χ1n) is 8.04. The smallest absolute Gasteiger partial charge is 0.239 e. The number of likely N-dealkylation sites (N-methyl/N-ethyl adjacent to an activating group) is 1. The average Bonchev–Trinajstić information content (AvgIpc) is 2.54. The summed E-state index contributed by atoms with van der Waals surface area (Å²) >= 11 is 5.91. The summed E-state index contributed by atoms with van der Waals surface area (Å²) in [6, 6.07) is 7.69. The number of carbonyl (C=O) groups excluding carboxylic acids is 1. The zero-order chi connectivity index (χ0) is 16.1. The predicted octanol–water partition coefficient (Wildman–Crippen LogP) is 2.54. The molecular formula is C17H26ClN3O. The molecule has 0 bridgehead atoms. The number of halogens is 1. The third-order valence-electron chi connectivity index (χ3n) is 4.37. The lowest BCUT2D eigenvalue weighted by molar-refractivity contribution is -0.135. The molecule has 22 heavy (non-hydrogen) atoms. The van der Waals surface area contributed by atoms with Gasteiger partial charge in [0.15, 0.2) is 0 Å². The Bertz CT molecular complexity index is 483. The van der Waals surface area contributed by atoms with E-state index < -0.39 is 0 Å². The molecule has 1 aromatic rings. The van der Waals surface area contributed by atoms with Crippen molar-refractivity contribution in [2.75, 3.05) is 32.7 Å². The van der Waals surface area contributed by atoms with Crippen molar-refractivity contribution in [3.8, 4) is 0 Å². The Kier molecular flexibility index (Phi) is 6.24. The number of piperazine rings is 1. The maximum Gasteiger partial charge on any atom is 0.239 e. The number of hydrogen-bond acceptors (Lipinski definition) is 3. The van der Waals surface area contributed by atoms with Crippen LogP contribution in [0.4, 0.5) is 0 Å². The number of amides is 1. The number of hydrogen-bond donors (Lipinski definition) is 1. The molecule has 0 spiro atoms. The van der Waals surface area contributed by atoms with E-state index in [2.05, 4.69) is 24.1 Å². The fraction of sp³-hybridized carbons (Fsp3) is 0.588. The summed E-state index contributed by atoms with van der Waals surface area (Å²) in [6.45, 7) is 10.8. The van der Waals surface area contributed by atoms with Crippen LogP contribution in [0.3, 0.4) is 0 Å². The summed E-state index contributed by atoms with van der Waals surface area (Å²) < 4.78 is 0. The molecule has 5 heteroatoms. The highest BCUT2D eigenvalue weighted by atomic mass is 35.5. The van der Waals surface area contributed by atoms with Gasteiger partial charge in [-0.25, -0.2) is 0 Å². The van der Waals surface area contributed by atoms with E-state index in [0.717, 1.165) is 43.3 Å². The van der Waals surface area contributed by atoms with Crippen molar-refractivity contribution in [1.82, 2.24) is 15.1 Å². The van der Waals surface area contributed by atoms with E-state index in [1.807, 2.05) is 36.1 Å². The van der Waals surface area contributed by atoms with Gasteiger partial charge in [-0.05, 0) is 38.1 Å². The molecule has 1 heterocycles. The lowest BCUT2D eigenvalue weighted by Gasteiger charge is -2.36. The molecule has 1 N–H and O–H groups in total. The molecule has 2 rings (SSSR count). The summed E-state index contributed by atoms with van der Waals surface area (Å²) in [4.78, 5) is 16.9. The third kappa shape index (κ3) is 4.45. The van der Waals surface area contributed by atoms with Crippen LogP contribution in [0.1, 0.15) is 32.4 Å². The zero-order valence-corrected chi connectivity index (χ0v) is 14.4. The standard InChI is InChI=1S/C17H26ClN3O/c1-4-20-9-11-21(12-10-20)17(22)14(3)19-13(2)15-5-7-16(18)8-6-15/h5-8,13-14,19H,4,9-12H2,1-3H3. The van der Waals surface area contributed by atoms with E-state index in [4.69, 9.17) is 11.6 Å². The molecule has 1 fully saturated rings. The Morgan fingerprint density at radius 1 is 1.18 bits per heavy atom. The molecule has 2 atom stereocenters. The van der Waals surface area contributed by atoms with E-state index in [-0.39, 0.29) is 18.0 Å². The molecule has 1 aromatic carbocycles. The molecule has 2 unspecified atom stereocenters. The van der Waals surface area contributed by atoms with Crippen LogP contribution in [0.5, 0.6) is 0 Å². The highest BCUT2D eigenvalue weighted by Crippen LogP contribution is 2.17. The Labute approximate surface area is 138 Å². The van der Waals surface area contributed by atoms with E-state index >= 15 is 0 Å². The molecule has 1 aliphatic heterocycles. The number of rotatable bonds is 5. The topological polar surface area (TPSA) is 35.6 Å². The third-order valence-corrected chi connectivity index (χ3v) is 4.62. The van der Waals surface area contributed by atoms with E-state index in [0.29, 0.717) is 0 Å². The van der Waals surface area contributed by atoms with Gasteiger partial charge in [-0.3, -0.25) is 10.1 Å². The summed E-state index contributed by atoms with van der Waals surface area (Å²) in [5.41, 5.74) is 1.14. The highest BCUT2D eigenvalue weighted by Gasteiger charge is 2.25. The fourth-order valence-corrected chi connectivity index (χ4v) is 2.98. The van der Waals surface area contributed by atoms with E-state index in [1.165, 1.54) is 0 Å². The van der Waals surface area contributed by atoms with Gasteiger partial charge in [-0.1, -0.05) is 30.7 Å². The lowest BCUT2D eigenvalue weighted by atomic mass is 10.1. The second kappa shape index (κ2) is 7.95. The van der Waals surface area contributed by atoms with Gasteiger partial charge in [0.05, 0.1) is 6.04 Å². The van der Waals surface area contributed by atoms with Crippen molar-refractivity contribution in [2.24, 2.45) is 0 Å². The maximum absolute atomic E-state index is 12.5. The van der Waals surface area contributed by atoms with E-state index in [1.54, 1.807) is 0 Å². The van der Waals surface area contributed by atoms with Crippen molar-refractivity contribution in [1.29, 1.82) is 0 Å². The summed E-state index contributed by atoms with van der Waals surface area (Å²) in [5.74, 6) is 0.191. The summed E-state index contributed by atoms with van der Waals surface area (Å²) in [5, 5.41) is 4.12. The lowest BCUT2D eigenvalue weighted by Crippen LogP contribution is -2.53. The average molecular weight is 324 g/mol. The first-order chi connectivity index (χ1) is 10.5. The minimum absolute atomic E-state index is 0.119. The number of nitrogens with zero attached hydrogens (tertiary/aromatic N) is 2. The van der Waals surface area contributed by atoms with Crippen LogP contribution in [0.25, 0.3) is 0 Å². The van der Waals surface area contributed by atoms with Crippen LogP contribution in [0, 0.1) is 0 Å². The molecule has 1 saturated heterocycles. The van der Waals surface area contributed by atoms with Gasteiger partial charge in [0.25, 0.3) is 0 Å². The first-order valence-corrected chi connectivity index (χ1v) is 8.41. The Morgan fingerprint density at radius 2 is 1.77 bits per heavy atom. The maximum atomic E-state index is 12.5. The fourth-order valence-electron chi connectivity index (χ4n) is 2.85. The Balaban J connectivity index is 1.87. The second-order valence-corrected chi connectivity index (χ2v) is 6.36. The van der Waals surface area contributed by atoms with Crippen LogP contribution in [0.15, 0.2) is 24.3 Å². The Hall–Kier alpha value is -1.10. The van der Waals surface area contributed by atoms with Gasteiger partial charge in [0, 0.05) is 37.2 Å². The van der Waals surface area contributed by atoms with Gasteiger partial charge < -0.3 is 9.80 Å². The summed E-state index contributed by atoms with van der Waals surface area (Å²) in [7, 11) is 0. The van der Waals surface area contributed by atoms with Gasteiger partial charge in [-0.15, -0.1) is 0 Å². The van der Waals surface area contributed by atoms with Crippen LogP contribution >= 0.6 is 11.6 Å². The van der Waals surface area contributed by atoms with E-state index in [9.17, 15) is 4.79 Å². The minimum Gasteiger partial charge on any atom is -0.339 e. The van der Waals surface area contributed by atoms with Gasteiger partial charge in [0.2, 0.25) is 5.91 Å². The molecule has 1 aliphatic rings. The van der Waals surface area contributed by atoms with Gasteiger partial charge >= 0.3 is 0 Å². The number of carbonyl (C=O) groups is 1. The first kappa shape index (κ1) is 17.3. The van der Waals surface area contributed by atoms with Gasteiger partial charge in [0.1, 0.15) is 0 Å². The zero-order valence-electron chi connectivity index (χ0n) is 13.7. The highest BCUT2D eigenvalue weighted by molar-refractivity contribution is 6.30. The molecule has 0 aliphatic carbocycles.